The lowest BCUT2D eigenvalue weighted by atomic mass is 9.76. The molecule has 3 aliphatic rings. The first-order valence-corrected chi connectivity index (χ1v) is 23.6. The summed E-state index contributed by atoms with van der Waals surface area (Å²) in [5.74, 6) is -1.41. The zero-order valence-corrected chi connectivity index (χ0v) is 37.9. The number of carbonyl (C=O) groups excluding carboxylic acids is 1. The summed E-state index contributed by atoms with van der Waals surface area (Å²) in [5.41, 5.74) is 4.89. The first-order valence-electron chi connectivity index (χ1n) is 21.3. The summed E-state index contributed by atoms with van der Waals surface area (Å²) in [5, 5.41) is 28.6. The van der Waals surface area contributed by atoms with E-state index >= 15 is 0 Å². The van der Waals surface area contributed by atoms with Gasteiger partial charge in [0.25, 0.3) is 0 Å². The van der Waals surface area contributed by atoms with Crippen LogP contribution in [0.3, 0.4) is 0 Å². The van der Waals surface area contributed by atoms with E-state index < -0.39 is 46.1 Å². The third-order valence-corrected chi connectivity index (χ3v) is 15.5. The van der Waals surface area contributed by atoms with E-state index in [0.29, 0.717) is 30.9 Å². The number of anilines is 1. The molecule has 62 heavy (non-hydrogen) atoms. The highest BCUT2D eigenvalue weighted by Crippen LogP contribution is 2.46. The fraction of sp³-hybridized carbons (Fsp3) is 0.489. The molecule has 0 unspecified atom stereocenters. The number of ether oxygens (including phenoxy) is 4. The molecule has 0 spiro atoms. The van der Waals surface area contributed by atoms with Gasteiger partial charge in [-0.2, -0.15) is 4.31 Å². The maximum absolute atomic E-state index is 14.0. The second kappa shape index (κ2) is 18.7. The number of fused-ring (bicyclic) bond motifs is 2. The molecule has 3 heterocycles. The highest BCUT2D eigenvalue weighted by atomic mass is 32.2. The number of carboxylic acid groups (broad SMARTS) is 1. The summed E-state index contributed by atoms with van der Waals surface area (Å²) in [6.45, 7) is 11.0. The quantitative estimate of drug-likeness (QED) is 0.0817. The average Bonchev–Trinajstić information content (AvgIpc) is 3.90. The minimum atomic E-state index is -4.05. The molecule has 1 aromatic heterocycles. The number of aliphatic hydroxyl groups is 1. The lowest BCUT2D eigenvalue weighted by Gasteiger charge is -2.31. The van der Waals surface area contributed by atoms with Crippen LogP contribution in [0.4, 0.5) is 10.5 Å². The van der Waals surface area contributed by atoms with Crippen molar-refractivity contribution in [3.8, 4) is 16.2 Å². The maximum Gasteiger partial charge on any atom is 0.407 e. The number of methoxy groups -OCH3 is 1. The standard InChI is InChI=1S/C47H59N3O10S2/c1-29(2)26-50(62(55,56)34-17-15-33(57-6)16-18-34)27-39(51)38(49-45(54)60-40-28-59-47(5)37(40)20-22-58-47)23-30-11-13-32(14-12-30)48-25-31-9-7-8-10-35(31)43-42(44(52)53)36-24-46(3,4)21-19-41(36)61-43/h7-18,29,37-40,48,51H,19-28H2,1-6H3,(H,49,54)(H,52,53)/t37-,38+,39-,40-,47+/m0/s1. The molecule has 334 valence electrons. The Morgan fingerprint density at radius 2 is 1.73 bits per heavy atom. The van der Waals surface area contributed by atoms with E-state index in [-0.39, 0.29) is 48.3 Å². The molecule has 4 N–H and O–H groups in total. The molecule has 7 rings (SSSR count). The van der Waals surface area contributed by atoms with Crippen LogP contribution in [0.15, 0.2) is 77.7 Å². The normalized spacial score (nSPS) is 21.6. The van der Waals surface area contributed by atoms with Gasteiger partial charge in [0.05, 0.1) is 48.8 Å². The summed E-state index contributed by atoms with van der Waals surface area (Å²) < 4.78 is 52.0. The minimum Gasteiger partial charge on any atom is -0.497 e. The molecule has 0 saturated carbocycles. The van der Waals surface area contributed by atoms with Gasteiger partial charge in [0.15, 0.2) is 5.79 Å². The largest absolute Gasteiger partial charge is 0.497 e. The number of hydrogen-bond donors (Lipinski definition) is 4. The van der Waals surface area contributed by atoms with Gasteiger partial charge in [-0.15, -0.1) is 11.3 Å². The second-order valence-electron chi connectivity index (χ2n) is 18.0. The highest BCUT2D eigenvalue weighted by molar-refractivity contribution is 7.89. The Morgan fingerprint density at radius 3 is 2.42 bits per heavy atom. The van der Waals surface area contributed by atoms with E-state index in [0.717, 1.165) is 57.0 Å². The molecule has 0 bridgehead atoms. The smallest absolute Gasteiger partial charge is 0.407 e. The molecule has 1 amide bonds. The number of thiophene rings is 1. The van der Waals surface area contributed by atoms with Crippen molar-refractivity contribution in [3.63, 3.8) is 0 Å². The van der Waals surface area contributed by atoms with Crippen molar-refractivity contribution in [2.75, 3.05) is 38.7 Å². The molecule has 15 heteroatoms. The molecule has 5 atom stereocenters. The predicted molar refractivity (Wildman–Crippen MR) is 238 cm³/mol. The maximum atomic E-state index is 14.0. The fourth-order valence-electron chi connectivity index (χ4n) is 8.87. The Labute approximate surface area is 368 Å². The monoisotopic (exact) mass is 889 g/mol. The van der Waals surface area contributed by atoms with Crippen molar-refractivity contribution >= 4 is 39.1 Å². The molecular formula is C47H59N3O10S2. The van der Waals surface area contributed by atoms with Crippen LogP contribution < -0.4 is 15.4 Å². The van der Waals surface area contributed by atoms with Crippen LogP contribution >= 0.6 is 11.3 Å². The van der Waals surface area contributed by atoms with E-state index in [4.69, 9.17) is 18.9 Å². The van der Waals surface area contributed by atoms with Crippen LogP contribution in [0.5, 0.6) is 5.75 Å². The zero-order valence-electron chi connectivity index (χ0n) is 36.3. The van der Waals surface area contributed by atoms with Crippen molar-refractivity contribution in [2.24, 2.45) is 17.3 Å². The van der Waals surface area contributed by atoms with Gasteiger partial charge < -0.3 is 39.8 Å². The number of aliphatic hydroxyl groups excluding tert-OH is 1. The average molecular weight is 890 g/mol. The lowest BCUT2D eigenvalue weighted by molar-refractivity contribution is -0.181. The summed E-state index contributed by atoms with van der Waals surface area (Å²) >= 11 is 1.59. The summed E-state index contributed by atoms with van der Waals surface area (Å²) in [7, 11) is -2.54. The lowest BCUT2D eigenvalue weighted by Crippen LogP contribution is -2.51. The molecule has 2 fully saturated rings. The van der Waals surface area contributed by atoms with Gasteiger partial charge in [-0.25, -0.2) is 18.0 Å². The number of nitrogens with zero attached hydrogens (tertiary/aromatic N) is 1. The van der Waals surface area contributed by atoms with Crippen molar-refractivity contribution < 1.29 is 47.2 Å². The molecule has 3 aromatic carbocycles. The number of benzene rings is 3. The van der Waals surface area contributed by atoms with Crippen LogP contribution in [0.2, 0.25) is 0 Å². The Balaban J connectivity index is 1.08. The molecule has 2 aliphatic heterocycles. The summed E-state index contributed by atoms with van der Waals surface area (Å²) in [6.07, 6.45) is 0.866. The SMILES string of the molecule is COc1ccc(S(=O)(=O)N(CC(C)C)C[C@H](O)[C@@H](Cc2ccc(NCc3ccccc3-c3sc4c(c3C(=O)O)CC(C)(C)CC4)cc2)NC(=O)O[C@H]2CO[C@@]3(C)OCC[C@@H]23)cc1. The van der Waals surface area contributed by atoms with Gasteiger partial charge in [-0.3, -0.25) is 0 Å². The van der Waals surface area contributed by atoms with E-state index in [1.165, 1.54) is 23.5 Å². The summed E-state index contributed by atoms with van der Waals surface area (Å²) in [6, 6.07) is 20.7. The van der Waals surface area contributed by atoms with Crippen molar-refractivity contribution in [3.05, 3.63) is 99.9 Å². The Hall–Kier alpha value is -4.51. The van der Waals surface area contributed by atoms with Crippen LogP contribution in [-0.4, -0.2) is 92.4 Å². The van der Waals surface area contributed by atoms with E-state index in [2.05, 4.69) is 24.5 Å². The molecule has 2 saturated heterocycles. The van der Waals surface area contributed by atoms with Gasteiger partial charge >= 0.3 is 12.1 Å². The molecular weight excluding hydrogens is 831 g/mol. The highest BCUT2D eigenvalue weighted by Gasteiger charge is 2.53. The van der Waals surface area contributed by atoms with E-state index in [1.54, 1.807) is 23.5 Å². The number of aromatic carboxylic acids is 1. The van der Waals surface area contributed by atoms with E-state index in [9.17, 15) is 28.2 Å². The van der Waals surface area contributed by atoms with Gasteiger partial charge in [0.1, 0.15) is 11.9 Å². The van der Waals surface area contributed by atoms with Crippen LogP contribution in [0.1, 0.15) is 79.4 Å². The van der Waals surface area contributed by atoms with Gasteiger partial charge in [-0.05, 0) is 109 Å². The molecule has 4 aromatic rings. The molecule has 13 nitrogen and oxygen atoms in total. The number of alkyl carbamates (subject to hydrolysis) is 1. The second-order valence-corrected chi connectivity index (χ2v) is 21.0. The number of carboxylic acids is 1. The Kier molecular flexibility index (Phi) is 13.7. The topological polar surface area (TPSA) is 173 Å². The van der Waals surface area contributed by atoms with E-state index in [1.807, 2.05) is 69.3 Å². The number of hydrogen-bond acceptors (Lipinski definition) is 11. The van der Waals surface area contributed by atoms with Gasteiger partial charge in [0.2, 0.25) is 10.0 Å². The molecule has 1 aliphatic carbocycles. The van der Waals surface area contributed by atoms with Crippen LogP contribution in [0.25, 0.3) is 10.4 Å². The number of nitrogens with one attached hydrogen (secondary N) is 2. The van der Waals surface area contributed by atoms with Crippen molar-refractivity contribution in [1.29, 1.82) is 0 Å². The van der Waals surface area contributed by atoms with Crippen LogP contribution in [-0.2, 0) is 50.0 Å². The number of rotatable bonds is 17. The van der Waals surface area contributed by atoms with Crippen molar-refractivity contribution in [2.45, 2.75) is 102 Å². The number of sulfonamides is 1. The van der Waals surface area contributed by atoms with Crippen LogP contribution in [0, 0.1) is 17.3 Å². The zero-order chi connectivity index (χ0) is 44.4. The number of carbonyl (C=O) groups is 2. The Morgan fingerprint density at radius 1 is 1.00 bits per heavy atom. The Bertz CT molecular complexity index is 2330. The number of aryl methyl sites for hydroxylation is 1. The van der Waals surface area contributed by atoms with Gasteiger partial charge in [-0.1, -0.05) is 64.1 Å². The first-order chi connectivity index (χ1) is 29.5. The fourth-order valence-corrected chi connectivity index (χ4v) is 11.9. The summed E-state index contributed by atoms with van der Waals surface area (Å²) in [4.78, 5) is 28.3. The van der Waals surface area contributed by atoms with Crippen molar-refractivity contribution in [1.82, 2.24) is 9.62 Å². The van der Waals surface area contributed by atoms with Gasteiger partial charge in [0, 0.05) is 35.1 Å². The predicted octanol–water partition coefficient (Wildman–Crippen LogP) is 7.75. The molecule has 0 radical (unpaired) electrons. The third-order valence-electron chi connectivity index (χ3n) is 12.3. The third kappa shape index (κ3) is 10.1. The first kappa shape index (κ1) is 45.5. The minimum absolute atomic E-state index is 0.0470. The number of amides is 1.